The lowest BCUT2D eigenvalue weighted by Crippen LogP contribution is -2.60. The van der Waals surface area contributed by atoms with Crippen molar-refractivity contribution in [1.29, 1.82) is 0 Å². The fourth-order valence-corrected chi connectivity index (χ4v) is 7.14. The molecule has 1 aliphatic heterocycles. The van der Waals surface area contributed by atoms with Gasteiger partial charge in [-0.2, -0.15) is 0 Å². The summed E-state index contributed by atoms with van der Waals surface area (Å²) >= 11 is 0. The number of nitrogens with zero attached hydrogens (tertiary/aromatic N) is 2. The first-order chi connectivity index (χ1) is 30.7. The summed E-state index contributed by atoms with van der Waals surface area (Å²) in [5.41, 5.74) is 13.6. The summed E-state index contributed by atoms with van der Waals surface area (Å²) in [6.45, 7) is 2.16. The molecule has 2 aromatic carbocycles. The van der Waals surface area contributed by atoms with Gasteiger partial charge in [-0.1, -0.05) is 48.5 Å². The number of rotatable bonds is 12. The normalized spacial score (nSPS) is 22.0. The van der Waals surface area contributed by atoms with Crippen LogP contribution in [0.4, 0.5) is 0 Å². The van der Waals surface area contributed by atoms with E-state index in [0.717, 1.165) is 10.9 Å². The van der Waals surface area contributed by atoms with Crippen molar-refractivity contribution in [3.8, 4) is 0 Å². The van der Waals surface area contributed by atoms with Crippen LogP contribution >= 0.6 is 0 Å². The Kier molecular flexibility index (Phi) is 17.1. The molecular formula is C43H55N13O8. The van der Waals surface area contributed by atoms with Crippen LogP contribution < -0.4 is 48.7 Å². The third kappa shape index (κ3) is 14.2. The van der Waals surface area contributed by atoms with Crippen molar-refractivity contribution in [2.24, 2.45) is 16.5 Å². The number of aromatic amines is 2. The van der Waals surface area contributed by atoms with E-state index < -0.39 is 83.4 Å². The highest BCUT2D eigenvalue weighted by molar-refractivity contribution is 5.98. The maximum atomic E-state index is 14.5. The second-order valence-corrected chi connectivity index (χ2v) is 15.5. The Morgan fingerprint density at radius 2 is 1.38 bits per heavy atom. The number of para-hydroxylation sites is 1. The average Bonchev–Trinajstić information content (AvgIpc) is 3.93. The molecule has 340 valence electrons. The molecule has 0 spiro atoms. The van der Waals surface area contributed by atoms with Gasteiger partial charge in [0.1, 0.15) is 36.3 Å². The van der Waals surface area contributed by atoms with Gasteiger partial charge in [0.05, 0.1) is 6.33 Å². The summed E-state index contributed by atoms with van der Waals surface area (Å²) in [5.74, 6) is -5.77. The average molecular weight is 882 g/mol. The Labute approximate surface area is 368 Å². The highest BCUT2D eigenvalue weighted by Crippen LogP contribution is 2.20. The number of H-pyrrole nitrogens is 2. The molecule has 1 fully saturated rings. The van der Waals surface area contributed by atoms with Crippen LogP contribution in [0.3, 0.4) is 0 Å². The number of nitrogens with two attached hydrogens (primary N) is 2. The Bertz CT molecular complexity index is 2310. The highest BCUT2D eigenvalue weighted by Gasteiger charge is 2.34. The summed E-state index contributed by atoms with van der Waals surface area (Å²) in [6, 6.07) is 8.31. The molecule has 0 radical (unpaired) electrons. The molecule has 0 saturated carbocycles. The van der Waals surface area contributed by atoms with Gasteiger partial charge in [-0.05, 0) is 43.4 Å². The van der Waals surface area contributed by atoms with Crippen LogP contribution in [0, 0.1) is 0 Å². The van der Waals surface area contributed by atoms with E-state index in [-0.39, 0.29) is 64.0 Å². The van der Waals surface area contributed by atoms with E-state index in [1.807, 2.05) is 24.3 Å². The topological polar surface area (TPSA) is 330 Å². The Morgan fingerprint density at radius 3 is 2.05 bits per heavy atom. The maximum Gasteiger partial charge on any atom is 0.243 e. The molecule has 1 aliphatic rings. The van der Waals surface area contributed by atoms with Gasteiger partial charge in [-0.3, -0.25) is 43.3 Å². The Hall–Kier alpha value is -7.58. The molecule has 0 unspecified atom stereocenters. The standard InChI is InChI=1S/C43H55N13O8/c1-24(57)36-22-49-37(59)15-14-32(51-25(2)58)39(61)55-35(19-28-21-46-23-50-28)42(64)53-33(17-26-9-4-3-5-10-26)40(62)52-31(13-8-16-47-43(44)45)38(60)54-34(41(63)56-36)18-27-20-48-30-12-7-6-11-29(27)30/h3-7,9-12,20-21,23,31-36,48H,8,13-19,22H2,1-2H3,(H,46,50)(H,49,59)(H,51,58)(H,52,62)(H,53,64)(H,54,60)(H,55,61)(H,56,63)(H4,44,45,47)/t31-,32-,33+,34-,35-,36-/m0/s1. The first-order valence-corrected chi connectivity index (χ1v) is 20.8. The van der Waals surface area contributed by atoms with E-state index in [9.17, 15) is 38.4 Å². The summed E-state index contributed by atoms with van der Waals surface area (Å²) in [6.07, 6.45) is 3.97. The molecule has 64 heavy (non-hydrogen) atoms. The van der Waals surface area contributed by atoms with Gasteiger partial charge >= 0.3 is 0 Å². The van der Waals surface area contributed by atoms with Crippen molar-refractivity contribution in [2.75, 3.05) is 13.1 Å². The second-order valence-electron chi connectivity index (χ2n) is 15.5. The van der Waals surface area contributed by atoms with Gasteiger partial charge in [-0.15, -0.1) is 0 Å². The molecule has 3 heterocycles. The minimum atomic E-state index is -1.34. The zero-order valence-corrected chi connectivity index (χ0v) is 35.6. The van der Waals surface area contributed by atoms with E-state index in [0.29, 0.717) is 16.8 Å². The molecule has 21 heteroatoms. The lowest BCUT2D eigenvalue weighted by molar-refractivity contribution is -0.135. The quantitative estimate of drug-likeness (QED) is 0.0437. The number of hydrogen-bond acceptors (Lipinski definition) is 10. The first kappa shape index (κ1) is 47.5. The molecule has 6 atom stereocenters. The third-order valence-corrected chi connectivity index (χ3v) is 10.5. The fraction of sp³-hybridized carbons (Fsp3) is 0.395. The van der Waals surface area contributed by atoms with Crippen LogP contribution in [0.15, 0.2) is 78.3 Å². The monoisotopic (exact) mass is 881 g/mol. The van der Waals surface area contributed by atoms with Gasteiger partial charge in [0, 0.05) is 74.7 Å². The number of imidazole rings is 1. The van der Waals surface area contributed by atoms with Crippen molar-refractivity contribution >= 4 is 64.0 Å². The lowest BCUT2D eigenvalue weighted by Gasteiger charge is -2.27. The van der Waals surface area contributed by atoms with Gasteiger partial charge < -0.3 is 58.7 Å². The largest absolute Gasteiger partial charge is 0.370 e. The molecule has 0 aliphatic carbocycles. The molecule has 5 rings (SSSR count). The molecule has 2 aromatic heterocycles. The number of aliphatic imine (C=N–C) groups is 1. The number of Topliss-reactive ketones (excluding diaryl/α,β-unsaturated/α-hetero) is 1. The number of carbonyl (C=O) groups is 8. The Balaban J connectivity index is 1.55. The number of carbonyl (C=O) groups excluding carboxylic acids is 8. The lowest BCUT2D eigenvalue weighted by atomic mass is 10.0. The van der Waals surface area contributed by atoms with Crippen molar-refractivity contribution in [3.05, 3.63) is 90.1 Å². The predicted octanol–water partition coefficient (Wildman–Crippen LogP) is -1.60. The fourth-order valence-electron chi connectivity index (χ4n) is 7.14. The molecule has 0 bridgehead atoms. The number of ketones is 1. The van der Waals surface area contributed by atoms with Crippen LogP contribution in [0.1, 0.15) is 56.4 Å². The number of guanidine groups is 1. The SMILES string of the molecule is CC(=O)N[C@H]1CCC(=O)NC[C@@H](C(C)=O)NC(=O)[C@H](Cc2c[nH]c3ccccc23)NC(=O)[C@H](CCCN=C(N)N)NC(=O)[C@@H](Cc2ccccc2)NC(=O)[C@H](Cc2cnc[nH]2)NC1=O. The van der Waals surface area contributed by atoms with Crippen molar-refractivity contribution < 1.29 is 38.4 Å². The summed E-state index contributed by atoms with van der Waals surface area (Å²) in [5, 5.41) is 19.5. The minimum absolute atomic E-state index is 0.0209. The van der Waals surface area contributed by atoms with Gasteiger partial charge in [0.15, 0.2) is 11.7 Å². The molecule has 4 aromatic rings. The van der Waals surface area contributed by atoms with Crippen LogP contribution in [0.5, 0.6) is 0 Å². The first-order valence-electron chi connectivity index (χ1n) is 20.8. The van der Waals surface area contributed by atoms with E-state index >= 15 is 0 Å². The van der Waals surface area contributed by atoms with Crippen molar-refractivity contribution in [1.82, 2.24) is 52.2 Å². The predicted molar refractivity (Wildman–Crippen MR) is 235 cm³/mol. The number of benzene rings is 2. The zero-order chi connectivity index (χ0) is 46.2. The molecular weight excluding hydrogens is 827 g/mol. The number of aromatic nitrogens is 3. The number of fused-ring (bicyclic) bond motifs is 1. The number of amides is 7. The highest BCUT2D eigenvalue weighted by atomic mass is 16.2. The number of hydrogen-bond donors (Lipinski definition) is 11. The second kappa shape index (κ2) is 23.0. The third-order valence-electron chi connectivity index (χ3n) is 10.5. The van der Waals surface area contributed by atoms with E-state index in [2.05, 4.69) is 57.2 Å². The van der Waals surface area contributed by atoms with E-state index in [1.165, 1.54) is 26.4 Å². The van der Waals surface area contributed by atoms with E-state index in [4.69, 9.17) is 11.5 Å². The van der Waals surface area contributed by atoms with Gasteiger partial charge in [0.25, 0.3) is 0 Å². The molecule has 7 amide bonds. The van der Waals surface area contributed by atoms with Crippen LogP contribution in [-0.4, -0.2) is 117 Å². The summed E-state index contributed by atoms with van der Waals surface area (Å²) in [7, 11) is 0. The summed E-state index contributed by atoms with van der Waals surface area (Å²) < 4.78 is 0. The summed E-state index contributed by atoms with van der Waals surface area (Å²) in [4.78, 5) is 124. The van der Waals surface area contributed by atoms with Crippen molar-refractivity contribution in [2.45, 2.75) is 95.0 Å². The Morgan fingerprint density at radius 1 is 0.750 bits per heavy atom. The minimum Gasteiger partial charge on any atom is -0.370 e. The smallest absolute Gasteiger partial charge is 0.243 e. The zero-order valence-electron chi connectivity index (χ0n) is 35.6. The molecule has 13 N–H and O–H groups in total. The van der Waals surface area contributed by atoms with Crippen LogP contribution in [-0.2, 0) is 57.6 Å². The van der Waals surface area contributed by atoms with Crippen LogP contribution in [0.25, 0.3) is 10.9 Å². The van der Waals surface area contributed by atoms with Gasteiger partial charge in [0.2, 0.25) is 41.4 Å². The number of nitrogens with one attached hydrogen (secondary N) is 9. The molecule has 21 nitrogen and oxygen atoms in total. The molecule has 1 saturated heterocycles. The van der Waals surface area contributed by atoms with Crippen molar-refractivity contribution in [3.63, 3.8) is 0 Å². The van der Waals surface area contributed by atoms with Gasteiger partial charge in [-0.25, -0.2) is 4.98 Å². The van der Waals surface area contributed by atoms with E-state index in [1.54, 1.807) is 36.5 Å². The van der Waals surface area contributed by atoms with Crippen LogP contribution in [0.2, 0.25) is 0 Å². The maximum absolute atomic E-state index is 14.5.